The fraction of sp³-hybridized carbons (Fsp3) is 0.647. The van der Waals surface area contributed by atoms with Gasteiger partial charge < -0.3 is 4.74 Å². The molecule has 0 radical (unpaired) electrons. The molecule has 0 unspecified atom stereocenters. The number of rotatable bonds is 8. The van der Waals surface area contributed by atoms with Crippen LogP contribution in [0.3, 0.4) is 0 Å². The minimum absolute atomic E-state index is 0.00729. The molecule has 0 heterocycles. The van der Waals surface area contributed by atoms with Crippen LogP contribution in [-0.4, -0.2) is 47.1 Å². The maximum atomic E-state index is 12.5. The Hall–Kier alpha value is -1.32. The first-order valence-corrected chi connectivity index (χ1v) is 11.5. The third-order valence-electron chi connectivity index (χ3n) is 3.48. The molecule has 26 heavy (non-hydrogen) atoms. The number of nitrogens with one attached hydrogen (secondary N) is 1. The fourth-order valence-corrected chi connectivity index (χ4v) is 4.38. The maximum Gasteiger partial charge on any atom is 0.242 e. The molecule has 1 aromatic carbocycles. The van der Waals surface area contributed by atoms with Crippen LogP contribution in [0.2, 0.25) is 0 Å². The summed E-state index contributed by atoms with van der Waals surface area (Å²) in [6, 6.07) is 4.17. The smallest absolute Gasteiger partial charge is 0.242 e. The van der Waals surface area contributed by atoms with Crippen LogP contribution in [0.5, 0.6) is 5.75 Å². The molecule has 9 heteroatoms. The van der Waals surface area contributed by atoms with E-state index in [1.54, 1.807) is 0 Å². The average Bonchev–Trinajstić information content (AvgIpc) is 2.45. The highest BCUT2D eigenvalue weighted by atomic mass is 32.2. The second-order valence-corrected chi connectivity index (χ2v) is 11.8. The Balaban J connectivity index is 3.28. The van der Waals surface area contributed by atoms with Gasteiger partial charge in [-0.15, -0.1) is 0 Å². The standard InChI is InChI=1S/C17H30N2O5S2/c1-13(2)24-16-9-8-14(26(22,23)19(6)7)12-15(16)18-25(20,21)11-10-17(3,4)5/h8-9,12-13,18H,10-11H2,1-7H3. The van der Waals surface area contributed by atoms with E-state index < -0.39 is 20.0 Å². The van der Waals surface area contributed by atoms with Crippen molar-refractivity contribution < 1.29 is 21.6 Å². The molecule has 0 spiro atoms. The van der Waals surface area contributed by atoms with Gasteiger partial charge in [0.25, 0.3) is 0 Å². The van der Waals surface area contributed by atoms with E-state index in [1.807, 2.05) is 34.6 Å². The molecular formula is C17H30N2O5S2. The first-order valence-electron chi connectivity index (χ1n) is 8.38. The Morgan fingerprint density at radius 1 is 1.12 bits per heavy atom. The second kappa shape index (κ2) is 8.14. The molecule has 0 amide bonds. The van der Waals surface area contributed by atoms with Crippen molar-refractivity contribution in [2.75, 3.05) is 24.6 Å². The van der Waals surface area contributed by atoms with Gasteiger partial charge in [0.15, 0.2) is 0 Å². The summed E-state index contributed by atoms with van der Waals surface area (Å²) in [5.41, 5.74) is -0.0159. The average molecular weight is 407 g/mol. The lowest BCUT2D eigenvalue weighted by Gasteiger charge is -2.20. The van der Waals surface area contributed by atoms with E-state index in [9.17, 15) is 16.8 Å². The fourth-order valence-electron chi connectivity index (χ4n) is 1.98. The molecule has 0 aromatic heterocycles. The predicted molar refractivity (Wildman–Crippen MR) is 105 cm³/mol. The van der Waals surface area contributed by atoms with E-state index in [0.29, 0.717) is 6.42 Å². The van der Waals surface area contributed by atoms with Gasteiger partial charge in [0.05, 0.1) is 22.4 Å². The van der Waals surface area contributed by atoms with Crippen molar-refractivity contribution in [2.45, 2.75) is 52.0 Å². The molecule has 0 saturated heterocycles. The van der Waals surface area contributed by atoms with Crippen LogP contribution in [-0.2, 0) is 20.0 Å². The van der Waals surface area contributed by atoms with Crippen molar-refractivity contribution in [1.82, 2.24) is 4.31 Å². The zero-order valence-electron chi connectivity index (χ0n) is 16.5. The van der Waals surface area contributed by atoms with Crippen LogP contribution in [0, 0.1) is 5.41 Å². The summed E-state index contributed by atoms with van der Waals surface area (Å²) in [6.45, 7) is 9.49. The lowest BCUT2D eigenvalue weighted by molar-refractivity contribution is 0.243. The van der Waals surface area contributed by atoms with Gasteiger partial charge in [0.1, 0.15) is 5.75 Å². The van der Waals surface area contributed by atoms with Gasteiger partial charge in [-0.3, -0.25) is 4.72 Å². The van der Waals surface area contributed by atoms with Crippen molar-refractivity contribution >= 4 is 25.7 Å². The zero-order valence-corrected chi connectivity index (χ0v) is 18.2. The number of hydrogen-bond acceptors (Lipinski definition) is 5. The first kappa shape index (κ1) is 22.7. The van der Waals surface area contributed by atoms with Crippen molar-refractivity contribution in [3.63, 3.8) is 0 Å². The highest BCUT2D eigenvalue weighted by molar-refractivity contribution is 7.92. The highest BCUT2D eigenvalue weighted by Gasteiger charge is 2.23. The number of benzene rings is 1. The largest absolute Gasteiger partial charge is 0.489 e. The Labute approximate surface area is 157 Å². The maximum absolute atomic E-state index is 12.5. The molecule has 7 nitrogen and oxygen atoms in total. The highest BCUT2D eigenvalue weighted by Crippen LogP contribution is 2.31. The summed E-state index contributed by atoms with van der Waals surface area (Å²) in [4.78, 5) is -0.00729. The van der Waals surface area contributed by atoms with E-state index >= 15 is 0 Å². The molecule has 1 N–H and O–H groups in total. The van der Waals surface area contributed by atoms with Gasteiger partial charge in [-0.1, -0.05) is 20.8 Å². The number of nitrogens with zero attached hydrogens (tertiary/aromatic N) is 1. The predicted octanol–water partition coefficient (Wildman–Crippen LogP) is 2.90. The first-order chi connectivity index (χ1) is 11.6. The van der Waals surface area contributed by atoms with Crippen molar-refractivity contribution in [1.29, 1.82) is 0 Å². The summed E-state index contributed by atoms with van der Waals surface area (Å²) in [7, 11) is -4.50. The van der Waals surface area contributed by atoms with Crippen LogP contribution >= 0.6 is 0 Å². The minimum Gasteiger partial charge on any atom is -0.489 e. The third kappa shape index (κ3) is 6.77. The van der Waals surface area contributed by atoms with Gasteiger partial charge in [-0.2, -0.15) is 0 Å². The Bertz CT molecular complexity index is 823. The molecule has 0 atom stereocenters. The Morgan fingerprint density at radius 2 is 1.69 bits per heavy atom. The topological polar surface area (TPSA) is 92.8 Å². The van der Waals surface area contributed by atoms with Crippen molar-refractivity contribution in [2.24, 2.45) is 5.41 Å². The monoisotopic (exact) mass is 406 g/mol. The van der Waals surface area contributed by atoms with Gasteiger partial charge in [0.2, 0.25) is 20.0 Å². The lowest BCUT2D eigenvalue weighted by Crippen LogP contribution is -2.24. The normalized spacial score (nSPS) is 13.3. The van der Waals surface area contributed by atoms with Gasteiger partial charge >= 0.3 is 0 Å². The van der Waals surface area contributed by atoms with Crippen LogP contribution in [0.4, 0.5) is 5.69 Å². The SMILES string of the molecule is CC(C)Oc1ccc(S(=O)(=O)N(C)C)cc1NS(=O)(=O)CCC(C)(C)C. The summed E-state index contributed by atoms with van der Waals surface area (Å²) < 4.78 is 58.8. The lowest BCUT2D eigenvalue weighted by atomic mass is 9.94. The summed E-state index contributed by atoms with van der Waals surface area (Å²) in [6.07, 6.45) is 0.280. The molecule has 1 rings (SSSR count). The van der Waals surface area contributed by atoms with E-state index in [1.165, 1.54) is 32.3 Å². The number of sulfonamides is 2. The van der Waals surface area contributed by atoms with E-state index in [2.05, 4.69) is 4.72 Å². The summed E-state index contributed by atoms with van der Waals surface area (Å²) in [5, 5.41) is 0. The molecule has 0 aliphatic heterocycles. The number of hydrogen-bond donors (Lipinski definition) is 1. The molecular weight excluding hydrogens is 376 g/mol. The van der Waals surface area contributed by atoms with Gasteiger partial charge in [0, 0.05) is 14.1 Å². The van der Waals surface area contributed by atoms with Crippen LogP contribution < -0.4 is 9.46 Å². The molecule has 0 aliphatic carbocycles. The Morgan fingerprint density at radius 3 is 2.15 bits per heavy atom. The second-order valence-electron chi connectivity index (χ2n) is 7.84. The molecule has 0 bridgehead atoms. The van der Waals surface area contributed by atoms with Gasteiger partial charge in [-0.05, 0) is 43.9 Å². The van der Waals surface area contributed by atoms with Crippen molar-refractivity contribution in [3.8, 4) is 5.75 Å². The molecule has 0 saturated carbocycles. The van der Waals surface area contributed by atoms with Crippen LogP contribution in [0.15, 0.2) is 23.1 Å². The van der Waals surface area contributed by atoms with Crippen LogP contribution in [0.25, 0.3) is 0 Å². The zero-order chi connectivity index (χ0) is 20.3. The van der Waals surface area contributed by atoms with Gasteiger partial charge in [-0.25, -0.2) is 21.1 Å². The van der Waals surface area contributed by atoms with E-state index in [0.717, 1.165) is 4.31 Å². The molecule has 150 valence electrons. The number of anilines is 1. The van der Waals surface area contributed by atoms with Crippen LogP contribution in [0.1, 0.15) is 41.0 Å². The minimum atomic E-state index is -3.69. The van der Waals surface area contributed by atoms with E-state index in [4.69, 9.17) is 4.74 Å². The quantitative estimate of drug-likeness (QED) is 0.716. The summed E-state index contributed by atoms with van der Waals surface area (Å²) in [5.74, 6) is 0.222. The Kier molecular flexibility index (Phi) is 7.11. The van der Waals surface area contributed by atoms with E-state index in [-0.39, 0.29) is 33.6 Å². The summed E-state index contributed by atoms with van der Waals surface area (Å²) >= 11 is 0. The molecule has 0 aliphatic rings. The van der Waals surface area contributed by atoms with Crippen molar-refractivity contribution in [3.05, 3.63) is 18.2 Å². The molecule has 1 aromatic rings. The third-order valence-corrected chi connectivity index (χ3v) is 6.56. The number of ether oxygens (including phenoxy) is 1. The molecule has 0 fully saturated rings.